The van der Waals surface area contributed by atoms with E-state index in [4.69, 9.17) is 4.74 Å². The van der Waals surface area contributed by atoms with Crippen LogP contribution in [0.3, 0.4) is 0 Å². The molecular weight excluding hydrogens is 272 g/mol. The maximum Gasteiger partial charge on any atom is 0.270 e. The first-order chi connectivity index (χ1) is 10.2. The van der Waals surface area contributed by atoms with Crippen LogP contribution in [-0.2, 0) is 13.1 Å². The minimum atomic E-state index is -0.400. The van der Waals surface area contributed by atoms with Gasteiger partial charge in [0.15, 0.2) is 0 Å². The molecule has 1 aromatic heterocycles. The molecule has 21 heavy (non-hydrogen) atoms. The average Bonchev–Trinajstić information content (AvgIpc) is 2.99. The number of hydrogen-bond acceptors (Lipinski definition) is 5. The third-order valence-electron chi connectivity index (χ3n) is 2.96. The van der Waals surface area contributed by atoms with Gasteiger partial charge in [-0.2, -0.15) is 5.10 Å². The van der Waals surface area contributed by atoms with Gasteiger partial charge in [-0.1, -0.05) is 6.92 Å². The van der Waals surface area contributed by atoms with Crippen LogP contribution >= 0.6 is 0 Å². The SMILES string of the molecule is CCNCc1cc([N+](=O)[O-])ccc1OCCn1cccn1. The van der Waals surface area contributed by atoms with Crippen molar-refractivity contribution in [1.82, 2.24) is 15.1 Å². The molecule has 0 radical (unpaired) electrons. The molecule has 0 aliphatic carbocycles. The Morgan fingerprint density at radius 3 is 3.00 bits per heavy atom. The maximum atomic E-state index is 10.8. The minimum Gasteiger partial charge on any atom is -0.491 e. The first-order valence-corrected chi connectivity index (χ1v) is 6.79. The summed E-state index contributed by atoms with van der Waals surface area (Å²) in [6.45, 7) is 4.39. The van der Waals surface area contributed by atoms with E-state index in [1.54, 1.807) is 23.0 Å². The molecule has 1 aromatic carbocycles. The summed E-state index contributed by atoms with van der Waals surface area (Å²) in [5.74, 6) is 0.661. The van der Waals surface area contributed by atoms with E-state index in [9.17, 15) is 10.1 Å². The largest absolute Gasteiger partial charge is 0.491 e. The lowest BCUT2D eigenvalue weighted by Gasteiger charge is -2.12. The molecule has 0 saturated heterocycles. The van der Waals surface area contributed by atoms with Gasteiger partial charge < -0.3 is 10.1 Å². The number of ether oxygens (including phenoxy) is 1. The topological polar surface area (TPSA) is 82.2 Å². The second-order valence-electron chi connectivity index (χ2n) is 4.45. The van der Waals surface area contributed by atoms with Crippen LogP contribution in [0.4, 0.5) is 5.69 Å². The number of benzene rings is 1. The summed E-state index contributed by atoms with van der Waals surface area (Å²) in [6.07, 6.45) is 3.57. The van der Waals surface area contributed by atoms with Crippen molar-refractivity contribution >= 4 is 5.69 Å². The number of non-ortho nitro benzene ring substituents is 1. The molecule has 2 aromatic rings. The first kappa shape index (κ1) is 15.0. The normalized spacial score (nSPS) is 10.5. The van der Waals surface area contributed by atoms with E-state index in [1.165, 1.54) is 6.07 Å². The van der Waals surface area contributed by atoms with Crippen LogP contribution in [0, 0.1) is 10.1 Å². The van der Waals surface area contributed by atoms with Crippen molar-refractivity contribution in [2.24, 2.45) is 0 Å². The zero-order valence-corrected chi connectivity index (χ0v) is 11.9. The standard InChI is InChI=1S/C14H18N4O3/c1-2-15-11-12-10-13(18(19)20)4-5-14(12)21-9-8-17-7-3-6-16-17/h3-7,10,15H,2,8-9,11H2,1H3. The van der Waals surface area contributed by atoms with Gasteiger partial charge in [0, 0.05) is 36.6 Å². The Morgan fingerprint density at radius 2 is 2.33 bits per heavy atom. The molecule has 0 bridgehead atoms. The summed E-state index contributed by atoms with van der Waals surface area (Å²) >= 11 is 0. The van der Waals surface area contributed by atoms with E-state index in [0.717, 1.165) is 12.1 Å². The van der Waals surface area contributed by atoms with Crippen LogP contribution in [0.15, 0.2) is 36.7 Å². The molecule has 0 atom stereocenters. The van der Waals surface area contributed by atoms with Crippen LogP contribution in [-0.4, -0.2) is 27.9 Å². The van der Waals surface area contributed by atoms with E-state index in [2.05, 4.69) is 10.4 Å². The third kappa shape index (κ3) is 4.28. The fraction of sp³-hybridized carbons (Fsp3) is 0.357. The number of aromatic nitrogens is 2. The molecule has 2 rings (SSSR count). The minimum absolute atomic E-state index is 0.0716. The summed E-state index contributed by atoms with van der Waals surface area (Å²) in [6, 6.07) is 6.50. The molecule has 0 aliphatic heterocycles. The van der Waals surface area contributed by atoms with E-state index in [1.807, 2.05) is 19.2 Å². The molecule has 0 aliphatic rings. The van der Waals surface area contributed by atoms with Gasteiger partial charge in [-0.3, -0.25) is 14.8 Å². The number of nitrogens with one attached hydrogen (secondary N) is 1. The summed E-state index contributed by atoms with van der Waals surface area (Å²) in [7, 11) is 0. The zero-order valence-electron chi connectivity index (χ0n) is 11.9. The van der Waals surface area contributed by atoms with E-state index >= 15 is 0 Å². The quantitative estimate of drug-likeness (QED) is 0.594. The number of rotatable bonds is 8. The number of nitro benzene ring substituents is 1. The van der Waals surface area contributed by atoms with Gasteiger partial charge in [0.2, 0.25) is 0 Å². The third-order valence-corrected chi connectivity index (χ3v) is 2.96. The monoisotopic (exact) mass is 290 g/mol. The van der Waals surface area contributed by atoms with Gasteiger partial charge in [0.05, 0.1) is 11.5 Å². The molecule has 0 amide bonds. The van der Waals surface area contributed by atoms with Crippen molar-refractivity contribution in [3.05, 3.63) is 52.3 Å². The van der Waals surface area contributed by atoms with Crippen molar-refractivity contribution in [3.63, 3.8) is 0 Å². The van der Waals surface area contributed by atoms with Gasteiger partial charge in [-0.05, 0) is 18.7 Å². The van der Waals surface area contributed by atoms with Crippen molar-refractivity contribution in [2.75, 3.05) is 13.2 Å². The highest BCUT2D eigenvalue weighted by Gasteiger charge is 2.11. The van der Waals surface area contributed by atoms with Gasteiger partial charge >= 0.3 is 0 Å². The van der Waals surface area contributed by atoms with Gasteiger partial charge in [-0.25, -0.2) is 0 Å². The van der Waals surface area contributed by atoms with Crippen LogP contribution in [0.5, 0.6) is 5.75 Å². The lowest BCUT2D eigenvalue weighted by molar-refractivity contribution is -0.384. The van der Waals surface area contributed by atoms with E-state index < -0.39 is 4.92 Å². The Kier molecular flexibility index (Phi) is 5.28. The van der Waals surface area contributed by atoms with E-state index in [-0.39, 0.29) is 5.69 Å². The predicted octanol–water partition coefficient (Wildman–Crippen LogP) is 1.98. The summed E-state index contributed by atoms with van der Waals surface area (Å²) in [4.78, 5) is 10.4. The second-order valence-corrected chi connectivity index (χ2v) is 4.45. The Balaban J connectivity index is 2.03. The van der Waals surface area contributed by atoms with Gasteiger partial charge in [0.1, 0.15) is 12.4 Å². The van der Waals surface area contributed by atoms with Gasteiger partial charge in [-0.15, -0.1) is 0 Å². The highest BCUT2D eigenvalue weighted by Crippen LogP contribution is 2.24. The van der Waals surface area contributed by atoms with Crippen molar-refractivity contribution in [1.29, 1.82) is 0 Å². The smallest absolute Gasteiger partial charge is 0.270 e. The lowest BCUT2D eigenvalue weighted by Crippen LogP contribution is -2.14. The van der Waals surface area contributed by atoms with Crippen LogP contribution in [0.1, 0.15) is 12.5 Å². The molecule has 1 heterocycles. The van der Waals surface area contributed by atoms with Crippen LogP contribution in [0.25, 0.3) is 0 Å². The first-order valence-electron chi connectivity index (χ1n) is 6.79. The molecule has 0 spiro atoms. The molecular formula is C14H18N4O3. The Labute approximate surface area is 122 Å². The maximum absolute atomic E-state index is 10.8. The van der Waals surface area contributed by atoms with E-state index in [0.29, 0.717) is 25.4 Å². The summed E-state index contributed by atoms with van der Waals surface area (Å²) < 4.78 is 7.49. The average molecular weight is 290 g/mol. The fourth-order valence-corrected chi connectivity index (χ4v) is 1.90. The van der Waals surface area contributed by atoms with Crippen molar-refractivity contribution in [3.8, 4) is 5.75 Å². The predicted molar refractivity (Wildman–Crippen MR) is 78.2 cm³/mol. The summed E-state index contributed by atoms with van der Waals surface area (Å²) in [5.41, 5.74) is 0.855. The molecule has 7 heteroatoms. The molecule has 7 nitrogen and oxygen atoms in total. The zero-order chi connectivity index (χ0) is 15.1. The fourth-order valence-electron chi connectivity index (χ4n) is 1.90. The lowest BCUT2D eigenvalue weighted by atomic mass is 10.1. The Hall–Kier alpha value is -2.41. The molecule has 0 saturated carbocycles. The number of hydrogen-bond donors (Lipinski definition) is 1. The molecule has 0 unspecified atom stereocenters. The molecule has 1 N–H and O–H groups in total. The van der Waals surface area contributed by atoms with Crippen LogP contribution in [0.2, 0.25) is 0 Å². The Bertz CT molecular complexity index is 584. The molecule has 0 fully saturated rings. The highest BCUT2D eigenvalue weighted by atomic mass is 16.6. The van der Waals surface area contributed by atoms with Crippen molar-refractivity contribution in [2.45, 2.75) is 20.0 Å². The highest BCUT2D eigenvalue weighted by molar-refractivity contribution is 5.43. The van der Waals surface area contributed by atoms with Crippen molar-refractivity contribution < 1.29 is 9.66 Å². The van der Waals surface area contributed by atoms with Gasteiger partial charge in [0.25, 0.3) is 5.69 Å². The number of nitro groups is 1. The number of nitrogens with zero attached hydrogens (tertiary/aromatic N) is 3. The second kappa shape index (κ2) is 7.39. The molecule has 112 valence electrons. The Morgan fingerprint density at radius 1 is 1.48 bits per heavy atom. The van der Waals surface area contributed by atoms with Crippen LogP contribution < -0.4 is 10.1 Å². The summed E-state index contributed by atoms with van der Waals surface area (Å²) in [5, 5.41) is 18.1.